The molecule has 0 bridgehead atoms. The van der Waals surface area contributed by atoms with E-state index in [0.717, 1.165) is 14.4 Å². The molecule has 0 atom stereocenters. The summed E-state index contributed by atoms with van der Waals surface area (Å²) in [5.74, 6) is 3.30. The highest BCUT2D eigenvalue weighted by Crippen LogP contribution is 2.32. The van der Waals surface area contributed by atoms with Gasteiger partial charge < -0.3 is 4.42 Å². The molecule has 0 saturated heterocycles. The van der Waals surface area contributed by atoms with E-state index in [4.69, 9.17) is 4.42 Å². The minimum Gasteiger partial charge on any atom is -0.425 e. The van der Waals surface area contributed by atoms with E-state index in [0.29, 0.717) is 23.5 Å². The summed E-state index contributed by atoms with van der Waals surface area (Å²) in [5, 5.41) is 16.2. The highest BCUT2D eigenvalue weighted by molar-refractivity contribution is 8.02. The largest absolute Gasteiger partial charge is 0.425 e. The molecule has 24 heavy (non-hydrogen) atoms. The van der Waals surface area contributed by atoms with Gasteiger partial charge in [-0.25, -0.2) is 0 Å². The summed E-state index contributed by atoms with van der Waals surface area (Å²) in [6.45, 7) is 6.20. The summed E-state index contributed by atoms with van der Waals surface area (Å²) >= 11 is 4.88. The quantitative estimate of drug-likeness (QED) is 0.540. The van der Waals surface area contributed by atoms with Gasteiger partial charge in [0.15, 0.2) is 8.68 Å². The third kappa shape index (κ3) is 4.81. The van der Waals surface area contributed by atoms with Crippen molar-refractivity contribution in [2.75, 3.05) is 0 Å². The lowest BCUT2D eigenvalue weighted by Crippen LogP contribution is -1.87. The molecule has 0 saturated carbocycles. The fourth-order valence-electron chi connectivity index (χ4n) is 1.98. The van der Waals surface area contributed by atoms with Gasteiger partial charge >= 0.3 is 0 Å². The fraction of sp³-hybridized carbons (Fsp3) is 0.375. The van der Waals surface area contributed by atoms with Crippen molar-refractivity contribution in [1.29, 1.82) is 0 Å². The van der Waals surface area contributed by atoms with Crippen LogP contribution in [0, 0.1) is 6.92 Å². The second kappa shape index (κ2) is 8.13. The molecular weight excluding hydrogens is 360 g/mol. The van der Waals surface area contributed by atoms with Crippen LogP contribution in [0.15, 0.2) is 37.4 Å². The summed E-state index contributed by atoms with van der Waals surface area (Å²) < 4.78 is 7.25. The molecule has 0 N–H and O–H groups in total. The van der Waals surface area contributed by atoms with E-state index >= 15 is 0 Å². The monoisotopic (exact) mass is 378 g/mol. The Balaban J connectivity index is 1.50. The van der Waals surface area contributed by atoms with Crippen molar-refractivity contribution in [3.05, 3.63) is 47.2 Å². The van der Waals surface area contributed by atoms with Gasteiger partial charge in [-0.15, -0.1) is 20.4 Å². The molecule has 8 heteroatoms. The molecule has 2 aromatic heterocycles. The Labute approximate surface area is 153 Å². The van der Waals surface area contributed by atoms with Gasteiger partial charge in [0.25, 0.3) is 0 Å². The van der Waals surface area contributed by atoms with Crippen LogP contribution in [0.1, 0.15) is 42.7 Å². The van der Waals surface area contributed by atoms with Crippen molar-refractivity contribution in [1.82, 2.24) is 20.4 Å². The second-order valence-electron chi connectivity index (χ2n) is 5.52. The zero-order chi connectivity index (χ0) is 16.9. The molecule has 1 aromatic carbocycles. The maximum Gasteiger partial charge on any atom is 0.226 e. The molecule has 2 heterocycles. The predicted molar refractivity (Wildman–Crippen MR) is 98.6 cm³/mol. The van der Waals surface area contributed by atoms with Crippen LogP contribution in [0.4, 0.5) is 0 Å². The van der Waals surface area contributed by atoms with Gasteiger partial charge in [0, 0.05) is 12.7 Å². The van der Waals surface area contributed by atoms with Gasteiger partial charge in [-0.2, -0.15) is 0 Å². The maximum atomic E-state index is 5.35. The average Bonchev–Trinajstić information content (AvgIpc) is 3.20. The molecule has 0 amide bonds. The van der Waals surface area contributed by atoms with E-state index in [1.54, 1.807) is 41.8 Å². The van der Waals surface area contributed by atoms with Crippen LogP contribution in [0.3, 0.4) is 0 Å². The molecule has 5 nitrogen and oxygen atoms in total. The van der Waals surface area contributed by atoms with Crippen LogP contribution in [0.2, 0.25) is 0 Å². The number of nitrogens with zero attached hydrogens (tertiary/aromatic N) is 4. The van der Waals surface area contributed by atoms with Gasteiger partial charge in [0.1, 0.15) is 0 Å². The van der Waals surface area contributed by atoms with Crippen LogP contribution in [0.25, 0.3) is 0 Å². The highest BCUT2D eigenvalue weighted by Gasteiger charge is 2.09. The molecule has 0 aliphatic heterocycles. The van der Waals surface area contributed by atoms with E-state index in [2.05, 4.69) is 58.5 Å². The Morgan fingerprint density at radius 1 is 0.958 bits per heavy atom. The summed E-state index contributed by atoms with van der Waals surface area (Å²) in [4.78, 5) is 0. The molecule has 126 valence electrons. The average molecular weight is 379 g/mol. The number of aryl methyl sites for hydroxylation is 1. The summed E-state index contributed by atoms with van der Waals surface area (Å²) in [7, 11) is 0. The first-order chi connectivity index (χ1) is 11.6. The third-order valence-electron chi connectivity index (χ3n) is 3.28. The highest BCUT2D eigenvalue weighted by atomic mass is 32.2. The third-order valence-corrected chi connectivity index (χ3v) is 6.53. The van der Waals surface area contributed by atoms with Gasteiger partial charge in [-0.1, -0.05) is 73.0 Å². The van der Waals surface area contributed by atoms with Crippen LogP contribution < -0.4 is 0 Å². The first kappa shape index (κ1) is 17.4. The lowest BCUT2D eigenvalue weighted by atomic mass is 10.0. The first-order valence-electron chi connectivity index (χ1n) is 7.57. The van der Waals surface area contributed by atoms with Crippen molar-refractivity contribution in [3.8, 4) is 0 Å². The summed E-state index contributed by atoms with van der Waals surface area (Å²) in [5.41, 5.74) is 2.67. The van der Waals surface area contributed by atoms with Crippen LogP contribution in [0.5, 0.6) is 0 Å². The number of hydrogen-bond acceptors (Lipinski definition) is 8. The molecule has 0 aliphatic rings. The molecule has 0 spiro atoms. The molecule has 0 fully saturated rings. The lowest BCUT2D eigenvalue weighted by molar-refractivity contribution is 0.485. The predicted octanol–water partition coefficient (Wildman–Crippen LogP) is 4.94. The molecule has 3 aromatic rings. The first-order valence-corrected chi connectivity index (χ1v) is 10.4. The maximum absolute atomic E-state index is 5.35. The zero-order valence-corrected chi connectivity index (χ0v) is 16.2. The number of hydrogen-bond donors (Lipinski definition) is 0. The standard InChI is InChI=1S/C16H18N4OS3/c1-10(2)13-6-4-12(5-7-13)8-22-15-19-20-16(24-15)23-9-14-18-17-11(3)21-14/h4-7,10H,8-9H2,1-3H3. The van der Waals surface area contributed by atoms with E-state index in [9.17, 15) is 0 Å². The number of benzene rings is 1. The Bertz CT molecular complexity index is 783. The normalized spacial score (nSPS) is 11.3. The Morgan fingerprint density at radius 2 is 1.62 bits per heavy atom. The molecule has 0 radical (unpaired) electrons. The molecule has 0 aliphatic carbocycles. The van der Waals surface area contributed by atoms with Crippen molar-refractivity contribution in [2.45, 2.75) is 46.9 Å². The van der Waals surface area contributed by atoms with Crippen molar-refractivity contribution >= 4 is 34.9 Å². The zero-order valence-electron chi connectivity index (χ0n) is 13.7. The van der Waals surface area contributed by atoms with E-state index in [1.807, 2.05) is 0 Å². The SMILES string of the molecule is Cc1nnc(CSc2nnc(SCc3ccc(C(C)C)cc3)s2)o1. The topological polar surface area (TPSA) is 64.7 Å². The van der Waals surface area contributed by atoms with E-state index < -0.39 is 0 Å². The van der Waals surface area contributed by atoms with Gasteiger partial charge in [0.05, 0.1) is 5.75 Å². The summed E-state index contributed by atoms with van der Waals surface area (Å²) in [6, 6.07) is 8.79. The van der Waals surface area contributed by atoms with E-state index in [1.165, 1.54) is 11.1 Å². The summed E-state index contributed by atoms with van der Waals surface area (Å²) in [6.07, 6.45) is 0. The molecule has 3 rings (SSSR count). The Morgan fingerprint density at radius 3 is 2.21 bits per heavy atom. The van der Waals surface area contributed by atoms with Crippen molar-refractivity contribution < 1.29 is 4.42 Å². The number of aromatic nitrogens is 4. The van der Waals surface area contributed by atoms with Gasteiger partial charge in [-0.3, -0.25) is 0 Å². The van der Waals surface area contributed by atoms with Crippen LogP contribution >= 0.6 is 34.9 Å². The molecular formula is C16H18N4OS3. The Kier molecular flexibility index (Phi) is 5.91. The second-order valence-corrected chi connectivity index (χ2v) is 8.94. The number of thioether (sulfide) groups is 2. The minimum atomic E-state index is 0.567. The minimum absolute atomic E-state index is 0.567. The van der Waals surface area contributed by atoms with Crippen molar-refractivity contribution in [3.63, 3.8) is 0 Å². The fourth-order valence-corrected chi connectivity index (χ4v) is 4.79. The Hall–Kier alpha value is -1.38. The van der Waals surface area contributed by atoms with Crippen molar-refractivity contribution in [2.24, 2.45) is 0 Å². The van der Waals surface area contributed by atoms with E-state index in [-0.39, 0.29) is 0 Å². The van der Waals surface area contributed by atoms with Crippen LogP contribution in [-0.2, 0) is 11.5 Å². The van der Waals surface area contributed by atoms with Gasteiger partial charge in [-0.05, 0) is 17.0 Å². The smallest absolute Gasteiger partial charge is 0.226 e. The van der Waals surface area contributed by atoms with Gasteiger partial charge in [0.2, 0.25) is 11.8 Å². The number of rotatable bonds is 7. The molecule has 0 unspecified atom stereocenters. The lowest BCUT2D eigenvalue weighted by Gasteiger charge is -2.05. The van der Waals surface area contributed by atoms with Crippen LogP contribution in [-0.4, -0.2) is 20.4 Å².